The Labute approximate surface area is 153 Å². The topological polar surface area (TPSA) is 40.6 Å². The molecule has 1 aromatic rings. The first-order valence-electron chi connectivity index (χ1n) is 8.91. The van der Waals surface area contributed by atoms with Crippen molar-refractivity contribution < 1.29 is 9.59 Å². The second-order valence-electron chi connectivity index (χ2n) is 6.38. The van der Waals surface area contributed by atoms with Crippen LogP contribution in [-0.4, -0.2) is 36.3 Å². The van der Waals surface area contributed by atoms with Crippen molar-refractivity contribution in [3.05, 3.63) is 47.9 Å². The highest BCUT2D eigenvalue weighted by Gasteiger charge is 2.29. The van der Waals surface area contributed by atoms with E-state index < -0.39 is 0 Å². The number of amides is 2. The zero-order valence-electron chi connectivity index (χ0n) is 14.4. The summed E-state index contributed by atoms with van der Waals surface area (Å²) in [5, 5.41) is 0. The van der Waals surface area contributed by atoms with Crippen LogP contribution in [0.15, 0.2) is 52.8 Å². The minimum absolute atomic E-state index is 0.0457. The zero-order valence-corrected chi connectivity index (χ0v) is 15.3. The molecule has 0 saturated carbocycles. The van der Waals surface area contributed by atoms with E-state index in [9.17, 15) is 9.59 Å². The third-order valence-corrected chi connectivity index (χ3v) is 5.64. The van der Waals surface area contributed by atoms with Crippen LogP contribution in [-0.2, 0) is 9.59 Å². The Bertz CT molecular complexity index is 691. The number of carbonyl (C=O) groups is 2. The molecule has 2 amide bonds. The Hall–Kier alpha value is -2.01. The van der Waals surface area contributed by atoms with Crippen LogP contribution in [0.3, 0.4) is 0 Å². The third kappa shape index (κ3) is 4.15. The maximum absolute atomic E-state index is 12.8. The SMILES string of the molecule is C=CCN1C(=O)/C(=C\C(=O)N2CCCCCCC2)Sc2ccccc21. The average molecular weight is 356 g/mol. The van der Waals surface area contributed by atoms with E-state index in [2.05, 4.69) is 6.58 Å². The molecule has 2 aliphatic heterocycles. The maximum Gasteiger partial charge on any atom is 0.265 e. The highest BCUT2D eigenvalue weighted by atomic mass is 32.2. The van der Waals surface area contributed by atoms with Crippen molar-refractivity contribution in [1.82, 2.24) is 4.90 Å². The lowest BCUT2D eigenvalue weighted by Crippen LogP contribution is -2.36. The van der Waals surface area contributed by atoms with Crippen molar-refractivity contribution in [3.63, 3.8) is 0 Å². The molecular weight excluding hydrogens is 332 g/mol. The van der Waals surface area contributed by atoms with E-state index in [0.29, 0.717) is 11.4 Å². The number of anilines is 1. The average Bonchev–Trinajstić information content (AvgIpc) is 2.58. The van der Waals surface area contributed by atoms with Crippen LogP contribution in [0.2, 0.25) is 0 Å². The normalized spacial score (nSPS) is 20.0. The van der Waals surface area contributed by atoms with E-state index in [1.54, 1.807) is 11.0 Å². The van der Waals surface area contributed by atoms with Crippen LogP contribution in [0, 0.1) is 0 Å². The number of rotatable bonds is 3. The predicted octanol–water partition coefficient (Wildman–Crippen LogP) is 3.99. The monoisotopic (exact) mass is 356 g/mol. The van der Waals surface area contributed by atoms with Gasteiger partial charge in [-0.05, 0) is 25.0 Å². The van der Waals surface area contributed by atoms with E-state index >= 15 is 0 Å². The van der Waals surface area contributed by atoms with Gasteiger partial charge in [-0.2, -0.15) is 0 Å². The Morgan fingerprint density at radius 3 is 2.52 bits per heavy atom. The summed E-state index contributed by atoms with van der Waals surface area (Å²) in [6.07, 6.45) is 8.93. The molecule has 0 aliphatic carbocycles. The number of hydrogen-bond donors (Lipinski definition) is 0. The molecule has 0 unspecified atom stereocenters. The lowest BCUT2D eigenvalue weighted by atomic mass is 10.1. The third-order valence-electron chi connectivity index (χ3n) is 4.57. The fraction of sp³-hybridized carbons (Fsp3) is 0.400. The minimum atomic E-state index is -0.121. The van der Waals surface area contributed by atoms with Crippen molar-refractivity contribution in [3.8, 4) is 0 Å². The molecule has 0 aromatic heterocycles. The second kappa shape index (κ2) is 8.39. The van der Waals surface area contributed by atoms with Crippen LogP contribution in [0.5, 0.6) is 0 Å². The van der Waals surface area contributed by atoms with Crippen molar-refractivity contribution in [1.29, 1.82) is 0 Å². The first-order valence-corrected chi connectivity index (χ1v) is 9.72. The molecule has 5 heteroatoms. The molecule has 4 nitrogen and oxygen atoms in total. The first-order chi connectivity index (χ1) is 12.2. The molecular formula is C20H24N2O2S. The van der Waals surface area contributed by atoms with Gasteiger partial charge in [0.2, 0.25) is 5.91 Å². The molecule has 0 N–H and O–H groups in total. The van der Waals surface area contributed by atoms with Crippen LogP contribution < -0.4 is 4.90 Å². The van der Waals surface area contributed by atoms with Crippen molar-refractivity contribution in [2.75, 3.05) is 24.5 Å². The summed E-state index contributed by atoms with van der Waals surface area (Å²) in [7, 11) is 0. The number of thioether (sulfide) groups is 1. The highest BCUT2D eigenvalue weighted by molar-refractivity contribution is 8.04. The standard InChI is InChI=1S/C20H24N2O2S/c1-2-12-22-16-10-6-7-11-17(16)25-18(20(22)24)15-19(23)21-13-8-4-3-5-9-14-21/h2,6-7,10-11,15H,1,3-5,8-9,12-14H2/b18-15+. The van der Waals surface area contributed by atoms with Gasteiger partial charge >= 0.3 is 0 Å². The van der Waals surface area contributed by atoms with Gasteiger partial charge in [0.1, 0.15) is 0 Å². The summed E-state index contributed by atoms with van der Waals surface area (Å²) in [4.78, 5) is 30.6. The van der Waals surface area contributed by atoms with Gasteiger partial charge in [-0.1, -0.05) is 49.2 Å². The molecule has 0 spiro atoms. The lowest BCUT2D eigenvalue weighted by molar-refractivity contribution is -0.126. The number of hydrogen-bond acceptors (Lipinski definition) is 3. The number of para-hydroxylation sites is 1. The van der Waals surface area contributed by atoms with Gasteiger partial charge in [0, 0.05) is 30.6 Å². The van der Waals surface area contributed by atoms with Crippen molar-refractivity contribution >= 4 is 29.3 Å². The van der Waals surface area contributed by atoms with Gasteiger partial charge in [-0.15, -0.1) is 6.58 Å². The molecule has 2 heterocycles. The van der Waals surface area contributed by atoms with Crippen LogP contribution in [0.4, 0.5) is 5.69 Å². The second-order valence-corrected chi connectivity index (χ2v) is 7.46. The Morgan fingerprint density at radius 1 is 1.12 bits per heavy atom. The zero-order chi connectivity index (χ0) is 17.6. The fourth-order valence-electron chi connectivity index (χ4n) is 3.24. The van der Waals surface area contributed by atoms with E-state index in [1.165, 1.54) is 37.1 Å². The Balaban J connectivity index is 1.83. The number of carbonyl (C=O) groups excluding carboxylic acids is 2. The van der Waals surface area contributed by atoms with Crippen molar-refractivity contribution in [2.45, 2.75) is 37.0 Å². The van der Waals surface area contributed by atoms with E-state index in [1.807, 2.05) is 29.2 Å². The molecule has 0 radical (unpaired) electrons. The van der Waals surface area contributed by atoms with Gasteiger partial charge in [0.25, 0.3) is 5.91 Å². The molecule has 0 atom stereocenters. The van der Waals surface area contributed by atoms with Gasteiger partial charge in [-0.3, -0.25) is 9.59 Å². The molecule has 25 heavy (non-hydrogen) atoms. The number of nitrogens with zero attached hydrogens (tertiary/aromatic N) is 2. The van der Waals surface area contributed by atoms with E-state index in [4.69, 9.17) is 0 Å². The molecule has 132 valence electrons. The smallest absolute Gasteiger partial charge is 0.265 e. The van der Waals surface area contributed by atoms with Gasteiger partial charge < -0.3 is 9.80 Å². The van der Waals surface area contributed by atoms with Crippen LogP contribution in [0.25, 0.3) is 0 Å². The van der Waals surface area contributed by atoms with Gasteiger partial charge in [0.15, 0.2) is 0 Å². The Morgan fingerprint density at radius 2 is 1.80 bits per heavy atom. The number of likely N-dealkylation sites (tertiary alicyclic amines) is 1. The summed E-state index contributed by atoms with van der Waals surface area (Å²) in [5.41, 5.74) is 0.883. The predicted molar refractivity (Wildman–Crippen MR) is 103 cm³/mol. The lowest BCUT2D eigenvalue weighted by Gasteiger charge is -2.30. The van der Waals surface area contributed by atoms with Crippen LogP contribution in [0.1, 0.15) is 32.1 Å². The first kappa shape index (κ1) is 17.8. The fourth-order valence-corrected chi connectivity index (χ4v) is 4.27. The summed E-state index contributed by atoms with van der Waals surface area (Å²) in [6, 6.07) is 7.78. The summed E-state index contributed by atoms with van der Waals surface area (Å²) in [6.45, 7) is 5.75. The summed E-state index contributed by atoms with van der Waals surface area (Å²) < 4.78 is 0. The summed E-state index contributed by atoms with van der Waals surface area (Å²) >= 11 is 1.38. The molecule has 3 rings (SSSR count). The maximum atomic E-state index is 12.8. The number of fused-ring (bicyclic) bond motifs is 1. The Kier molecular flexibility index (Phi) is 5.97. The summed E-state index contributed by atoms with van der Waals surface area (Å²) in [5.74, 6) is -0.167. The van der Waals surface area contributed by atoms with Crippen molar-refractivity contribution in [2.24, 2.45) is 0 Å². The van der Waals surface area contributed by atoms with Gasteiger partial charge in [-0.25, -0.2) is 0 Å². The van der Waals surface area contributed by atoms with E-state index in [-0.39, 0.29) is 11.8 Å². The quantitative estimate of drug-likeness (QED) is 0.607. The van der Waals surface area contributed by atoms with Crippen LogP contribution >= 0.6 is 11.8 Å². The molecule has 0 bridgehead atoms. The molecule has 1 fully saturated rings. The van der Waals surface area contributed by atoms with E-state index in [0.717, 1.165) is 36.5 Å². The molecule has 1 aromatic carbocycles. The number of benzene rings is 1. The van der Waals surface area contributed by atoms with Gasteiger partial charge in [0.05, 0.1) is 10.6 Å². The minimum Gasteiger partial charge on any atom is -0.339 e. The highest BCUT2D eigenvalue weighted by Crippen LogP contribution is 2.41. The largest absolute Gasteiger partial charge is 0.339 e. The molecule has 1 saturated heterocycles. The molecule has 2 aliphatic rings.